The maximum Gasteiger partial charge on any atom is 0.273 e. The highest BCUT2D eigenvalue weighted by Crippen LogP contribution is 2.33. The van der Waals surface area contributed by atoms with Gasteiger partial charge < -0.3 is 0 Å². The molecular formula is C17H10Cl2FNO2. The van der Waals surface area contributed by atoms with E-state index in [1.807, 2.05) is 0 Å². The zero-order valence-electron chi connectivity index (χ0n) is 11.7. The van der Waals surface area contributed by atoms with Crippen LogP contribution in [0.5, 0.6) is 0 Å². The van der Waals surface area contributed by atoms with Crippen LogP contribution in [0.15, 0.2) is 53.6 Å². The highest BCUT2D eigenvalue weighted by Gasteiger charge is 2.38. The first-order valence-electron chi connectivity index (χ1n) is 6.74. The lowest BCUT2D eigenvalue weighted by molar-refractivity contribution is -0.137. The Kier molecular flexibility index (Phi) is 4.20. The third kappa shape index (κ3) is 2.87. The molecule has 1 aliphatic rings. The van der Waals surface area contributed by atoms with Crippen LogP contribution in [0.2, 0.25) is 5.02 Å². The minimum atomic E-state index is -0.587. The lowest BCUT2D eigenvalue weighted by atomic mass is 10.1. The normalized spacial score (nSPS) is 14.8. The van der Waals surface area contributed by atoms with Gasteiger partial charge >= 0.3 is 0 Å². The van der Waals surface area contributed by atoms with Crippen molar-refractivity contribution in [2.75, 3.05) is 0 Å². The maximum absolute atomic E-state index is 13.0. The number of imide groups is 1. The molecule has 0 atom stereocenters. The number of carbonyl (C=O) groups is 2. The third-order valence-electron chi connectivity index (χ3n) is 3.53. The Balaban J connectivity index is 1.93. The molecule has 0 N–H and O–H groups in total. The molecule has 3 rings (SSSR count). The van der Waals surface area contributed by atoms with E-state index in [1.165, 1.54) is 24.3 Å². The quantitative estimate of drug-likeness (QED) is 0.785. The summed E-state index contributed by atoms with van der Waals surface area (Å²) in [7, 11) is 0. The number of hydrogen-bond acceptors (Lipinski definition) is 2. The van der Waals surface area contributed by atoms with Crippen LogP contribution in [0.1, 0.15) is 11.1 Å². The molecule has 2 amide bonds. The molecule has 0 radical (unpaired) electrons. The fourth-order valence-corrected chi connectivity index (χ4v) is 2.84. The van der Waals surface area contributed by atoms with Crippen LogP contribution in [0.3, 0.4) is 0 Å². The molecule has 0 aliphatic carbocycles. The first kappa shape index (κ1) is 15.7. The molecule has 0 saturated heterocycles. The van der Waals surface area contributed by atoms with Crippen LogP contribution in [-0.2, 0) is 16.1 Å². The summed E-state index contributed by atoms with van der Waals surface area (Å²) in [5.41, 5.74) is 1.11. The van der Waals surface area contributed by atoms with Gasteiger partial charge in [-0.15, -0.1) is 0 Å². The molecule has 23 heavy (non-hydrogen) atoms. The predicted octanol–water partition coefficient (Wildman–Crippen LogP) is 4.00. The van der Waals surface area contributed by atoms with Crippen molar-refractivity contribution in [1.82, 2.24) is 4.90 Å². The van der Waals surface area contributed by atoms with Crippen LogP contribution in [-0.4, -0.2) is 16.7 Å². The van der Waals surface area contributed by atoms with E-state index in [0.717, 1.165) is 4.90 Å². The van der Waals surface area contributed by atoms with Crippen LogP contribution in [0.25, 0.3) is 5.57 Å². The molecule has 116 valence electrons. The number of carbonyl (C=O) groups excluding carboxylic acids is 2. The Morgan fingerprint density at radius 3 is 2.22 bits per heavy atom. The van der Waals surface area contributed by atoms with Gasteiger partial charge in [-0.05, 0) is 29.3 Å². The number of hydrogen-bond donors (Lipinski definition) is 0. The summed E-state index contributed by atoms with van der Waals surface area (Å²) in [5.74, 6) is -1.54. The van der Waals surface area contributed by atoms with Gasteiger partial charge in [0.1, 0.15) is 10.8 Å². The molecule has 0 fully saturated rings. The molecule has 2 aromatic carbocycles. The van der Waals surface area contributed by atoms with Crippen molar-refractivity contribution in [3.05, 3.63) is 75.5 Å². The molecule has 1 aliphatic heterocycles. The largest absolute Gasteiger partial charge is 0.273 e. The molecule has 0 unspecified atom stereocenters. The summed E-state index contributed by atoms with van der Waals surface area (Å²) in [6.07, 6.45) is 0. The van der Waals surface area contributed by atoms with E-state index in [-0.39, 0.29) is 17.2 Å². The Morgan fingerprint density at radius 2 is 1.57 bits per heavy atom. The summed E-state index contributed by atoms with van der Waals surface area (Å²) in [4.78, 5) is 25.9. The van der Waals surface area contributed by atoms with Gasteiger partial charge in [0.25, 0.3) is 11.8 Å². The smallest absolute Gasteiger partial charge is 0.269 e. The minimum absolute atomic E-state index is 0.0260. The molecule has 3 nitrogen and oxygen atoms in total. The molecule has 0 spiro atoms. The highest BCUT2D eigenvalue weighted by molar-refractivity contribution is 6.55. The predicted molar refractivity (Wildman–Crippen MR) is 86.2 cm³/mol. The number of halogens is 3. The van der Waals surface area contributed by atoms with Crippen molar-refractivity contribution in [3.8, 4) is 0 Å². The number of benzene rings is 2. The maximum atomic E-state index is 13.0. The van der Waals surface area contributed by atoms with E-state index in [1.54, 1.807) is 24.3 Å². The monoisotopic (exact) mass is 349 g/mol. The molecule has 1 heterocycles. The molecule has 0 saturated carbocycles. The van der Waals surface area contributed by atoms with Crippen molar-refractivity contribution in [3.63, 3.8) is 0 Å². The second-order valence-corrected chi connectivity index (χ2v) is 5.77. The van der Waals surface area contributed by atoms with E-state index in [2.05, 4.69) is 0 Å². The third-order valence-corrected chi connectivity index (χ3v) is 4.25. The Bertz CT molecular complexity index is 831. The zero-order valence-corrected chi connectivity index (χ0v) is 13.2. The molecule has 2 aromatic rings. The van der Waals surface area contributed by atoms with Gasteiger partial charge in [-0.2, -0.15) is 0 Å². The summed E-state index contributed by atoms with van der Waals surface area (Å²) < 4.78 is 13.0. The topological polar surface area (TPSA) is 37.4 Å². The number of nitrogens with zero attached hydrogens (tertiary/aromatic N) is 1. The zero-order chi connectivity index (χ0) is 16.6. The summed E-state index contributed by atoms with van der Waals surface area (Å²) >= 11 is 12.1. The Morgan fingerprint density at radius 1 is 0.913 bits per heavy atom. The second kappa shape index (κ2) is 6.14. The Labute approximate surface area is 141 Å². The average molecular weight is 350 g/mol. The minimum Gasteiger partial charge on any atom is -0.269 e. The van der Waals surface area contributed by atoms with Crippen LogP contribution in [0.4, 0.5) is 4.39 Å². The molecule has 0 bridgehead atoms. The van der Waals surface area contributed by atoms with Gasteiger partial charge in [-0.25, -0.2) is 4.39 Å². The van der Waals surface area contributed by atoms with Crippen molar-refractivity contribution in [1.29, 1.82) is 0 Å². The number of amides is 2. The van der Waals surface area contributed by atoms with Crippen LogP contribution < -0.4 is 0 Å². The van der Waals surface area contributed by atoms with E-state index in [0.29, 0.717) is 16.1 Å². The van der Waals surface area contributed by atoms with E-state index in [4.69, 9.17) is 23.2 Å². The lowest BCUT2D eigenvalue weighted by Crippen LogP contribution is -2.30. The van der Waals surface area contributed by atoms with Gasteiger partial charge in [0.15, 0.2) is 0 Å². The van der Waals surface area contributed by atoms with Gasteiger partial charge in [0, 0.05) is 5.02 Å². The number of rotatable bonds is 3. The fourth-order valence-electron chi connectivity index (χ4n) is 2.35. The summed E-state index contributed by atoms with van der Waals surface area (Å²) in [6.45, 7) is 0.0260. The second-order valence-electron chi connectivity index (χ2n) is 4.98. The van der Waals surface area contributed by atoms with E-state index >= 15 is 0 Å². The van der Waals surface area contributed by atoms with Crippen LogP contribution >= 0.6 is 23.2 Å². The molecule has 6 heteroatoms. The SMILES string of the molecule is O=C1C(Cl)=C(c2ccc(F)cc2)C(=O)N1Cc1ccccc1Cl. The van der Waals surface area contributed by atoms with Crippen molar-refractivity contribution in [2.24, 2.45) is 0 Å². The van der Waals surface area contributed by atoms with Gasteiger partial charge in [-0.3, -0.25) is 14.5 Å². The van der Waals surface area contributed by atoms with Crippen molar-refractivity contribution >= 4 is 40.6 Å². The average Bonchev–Trinajstić information content (AvgIpc) is 2.74. The van der Waals surface area contributed by atoms with Gasteiger partial charge in [-0.1, -0.05) is 53.5 Å². The summed E-state index contributed by atoms with van der Waals surface area (Å²) in [5, 5.41) is 0.285. The molecule has 0 aromatic heterocycles. The first-order chi connectivity index (χ1) is 11.0. The first-order valence-corrected chi connectivity index (χ1v) is 7.50. The fraction of sp³-hybridized carbons (Fsp3) is 0.0588. The van der Waals surface area contributed by atoms with Crippen molar-refractivity contribution in [2.45, 2.75) is 6.54 Å². The van der Waals surface area contributed by atoms with Gasteiger partial charge in [0.05, 0.1) is 12.1 Å². The lowest BCUT2D eigenvalue weighted by Gasteiger charge is -2.15. The van der Waals surface area contributed by atoms with E-state index < -0.39 is 17.6 Å². The van der Waals surface area contributed by atoms with E-state index in [9.17, 15) is 14.0 Å². The van der Waals surface area contributed by atoms with Gasteiger partial charge in [0.2, 0.25) is 0 Å². The molecular weight excluding hydrogens is 340 g/mol. The highest BCUT2D eigenvalue weighted by atomic mass is 35.5. The Hall–Kier alpha value is -2.17. The van der Waals surface area contributed by atoms with Crippen LogP contribution in [0, 0.1) is 5.82 Å². The standard InChI is InChI=1S/C17H10Cl2FNO2/c18-13-4-2-1-3-11(13)9-21-16(22)14(15(19)17(21)23)10-5-7-12(20)8-6-10/h1-8H,9H2. The summed E-state index contributed by atoms with van der Waals surface area (Å²) in [6, 6.07) is 12.2. The van der Waals surface area contributed by atoms with Crippen molar-refractivity contribution < 1.29 is 14.0 Å².